The van der Waals surface area contributed by atoms with E-state index in [0.29, 0.717) is 12.5 Å². The van der Waals surface area contributed by atoms with E-state index >= 15 is 0 Å². The zero-order valence-corrected chi connectivity index (χ0v) is 11.2. The van der Waals surface area contributed by atoms with Gasteiger partial charge in [0.25, 0.3) is 0 Å². The molecule has 4 heteroatoms. The van der Waals surface area contributed by atoms with Gasteiger partial charge in [-0.25, -0.2) is 4.79 Å². The fourth-order valence-electron chi connectivity index (χ4n) is 2.58. The van der Waals surface area contributed by atoms with Crippen LogP contribution in [0.15, 0.2) is 30.3 Å². The monoisotopic (exact) mass is 262 g/mol. The van der Waals surface area contributed by atoms with Crippen LogP contribution in [0.1, 0.15) is 18.4 Å². The summed E-state index contributed by atoms with van der Waals surface area (Å²) in [6.45, 7) is 3.86. The Kier molecular flexibility index (Phi) is 5.21. The molecule has 4 nitrogen and oxygen atoms in total. The van der Waals surface area contributed by atoms with Crippen LogP contribution in [0.25, 0.3) is 0 Å². The lowest BCUT2D eigenvalue weighted by Crippen LogP contribution is -2.39. The molecular weight excluding hydrogens is 240 g/mol. The second-order valence-corrected chi connectivity index (χ2v) is 5.21. The maximum absolute atomic E-state index is 10.4. The minimum Gasteiger partial charge on any atom is -0.465 e. The van der Waals surface area contributed by atoms with Crippen molar-refractivity contribution in [2.75, 3.05) is 26.2 Å². The normalized spacial score (nSPS) is 17.3. The Labute approximate surface area is 114 Å². The summed E-state index contributed by atoms with van der Waals surface area (Å²) in [5.74, 6) is 0.504. The van der Waals surface area contributed by atoms with E-state index in [9.17, 15) is 4.79 Å². The molecule has 1 fully saturated rings. The molecule has 1 amide bonds. The Morgan fingerprint density at radius 2 is 1.95 bits per heavy atom. The standard InChI is InChI=1S/C15H22N2O2/c18-15(19)16-12-14-7-10-17(11-8-14)9-6-13-4-2-1-3-5-13/h1-5,14,16H,6-12H2,(H,18,19). The molecule has 1 aromatic rings. The highest BCUT2D eigenvalue weighted by atomic mass is 16.4. The zero-order chi connectivity index (χ0) is 13.5. The van der Waals surface area contributed by atoms with Gasteiger partial charge in [0.05, 0.1) is 0 Å². The number of likely N-dealkylation sites (tertiary alicyclic amines) is 1. The smallest absolute Gasteiger partial charge is 0.404 e. The number of nitrogens with one attached hydrogen (secondary N) is 1. The Balaban J connectivity index is 1.65. The first-order valence-electron chi connectivity index (χ1n) is 6.97. The summed E-state index contributed by atoms with van der Waals surface area (Å²) in [4.78, 5) is 12.9. The summed E-state index contributed by atoms with van der Waals surface area (Å²) in [5.41, 5.74) is 1.39. The number of piperidine rings is 1. The van der Waals surface area contributed by atoms with Crippen molar-refractivity contribution in [3.63, 3.8) is 0 Å². The molecule has 1 saturated heterocycles. The van der Waals surface area contributed by atoms with Gasteiger partial charge in [0.2, 0.25) is 0 Å². The predicted molar refractivity (Wildman–Crippen MR) is 75.3 cm³/mol. The van der Waals surface area contributed by atoms with E-state index in [1.807, 2.05) is 6.07 Å². The number of nitrogens with zero attached hydrogens (tertiary/aromatic N) is 1. The SMILES string of the molecule is O=C(O)NCC1CCN(CCc2ccccc2)CC1. The number of amides is 1. The van der Waals surface area contributed by atoms with Crippen molar-refractivity contribution in [3.05, 3.63) is 35.9 Å². The third kappa shape index (κ3) is 4.91. The molecule has 2 rings (SSSR count). The molecule has 0 bridgehead atoms. The first-order chi connectivity index (χ1) is 9.24. The van der Waals surface area contributed by atoms with Gasteiger partial charge in [0.15, 0.2) is 0 Å². The van der Waals surface area contributed by atoms with Crippen molar-refractivity contribution >= 4 is 6.09 Å². The van der Waals surface area contributed by atoms with Gasteiger partial charge in [-0.2, -0.15) is 0 Å². The van der Waals surface area contributed by atoms with E-state index in [2.05, 4.69) is 34.5 Å². The molecular formula is C15H22N2O2. The molecule has 19 heavy (non-hydrogen) atoms. The molecule has 0 saturated carbocycles. The molecule has 0 unspecified atom stereocenters. The molecule has 1 aliphatic rings. The van der Waals surface area contributed by atoms with E-state index in [0.717, 1.165) is 38.9 Å². The van der Waals surface area contributed by atoms with Crippen molar-refractivity contribution in [1.29, 1.82) is 0 Å². The summed E-state index contributed by atoms with van der Waals surface area (Å²) >= 11 is 0. The highest BCUT2D eigenvalue weighted by molar-refractivity contribution is 5.64. The van der Waals surface area contributed by atoms with Crippen LogP contribution in [0.4, 0.5) is 4.79 Å². The quantitative estimate of drug-likeness (QED) is 0.855. The van der Waals surface area contributed by atoms with E-state index in [1.54, 1.807) is 0 Å². The topological polar surface area (TPSA) is 52.6 Å². The number of rotatable bonds is 5. The van der Waals surface area contributed by atoms with Crippen LogP contribution in [0, 0.1) is 5.92 Å². The van der Waals surface area contributed by atoms with Gasteiger partial charge in [-0.05, 0) is 43.8 Å². The fraction of sp³-hybridized carbons (Fsp3) is 0.533. The van der Waals surface area contributed by atoms with Crippen LogP contribution in [0.5, 0.6) is 0 Å². The Hall–Kier alpha value is -1.55. The van der Waals surface area contributed by atoms with Gasteiger partial charge in [0.1, 0.15) is 0 Å². The minimum absolute atomic E-state index is 0.504. The van der Waals surface area contributed by atoms with Crippen LogP contribution in [0.2, 0.25) is 0 Å². The van der Waals surface area contributed by atoms with Crippen LogP contribution >= 0.6 is 0 Å². The van der Waals surface area contributed by atoms with Gasteiger partial charge >= 0.3 is 6.09 Å². The summed E-state index contributed by atoms with van der Waals surface area (Å²) in [7, 11) is 0. The number of carboxylic acid groups (broad SMARTS) is 1. The zero-order valence-electron chi connectivity index (χ0n) is 11.2. The van der Waals surface area contributed by atoms with E-state index in [-0.39, 0.29) is 0 Å². The van der Waals surface area contributed by atoms with Crippen LogP contribution in [-0.2, 0) is 6.42 Å². The second kappa shape index (κ2) is 7.14. The molecule has 0 spiro atoms. The third-order valence-electron chi connectivity index (χ3n) is 3.81. The predicted octanol–water partition coefficient (Wildman–Crippen LogP) is 2.21. The van der Waals surface area contributed by atoms with E-state index in [1.165, 1.54) is 5.56 Å². The lowest BCUT2D eigenvalue weighted by molar-refractivity contribution is 0.171. The third-order valence-corrected chi connectivity index (χ3v) is 3.81. The van der Waals surface area contributed by atoms with Crippen molar-refractivity contribution in [2.45, 2.75) is 19.3 Å². The van der Waals surface area contributed by atoms with Crippen molar-refractivity contribution in [1.82, 2.24) is 10.2 Å². The fourth-order valence-corrected chi connectivity index (χ4v) is 2.58. The highest BCUT2D eigenvalue weighted by Gasteiger charge is 2.19. The molecule has 1 heterocycles. The summed E-state index contributed by atoms with van der Waals surface area (Å²) in [5, 5.41) is 11.1. The Morgan fingerprint density at radius 3 is 2.58 bits per heavy atom. The first-order valence-corrected chi connectivity index (χ1v) is 6.97. The molecule has 0 radical (unpaired) electrons. The average Bonchev–Trinajstić information content (AvgIpc) is 2.45. The summed E-state index contributed by atoms with van der Waals surface area (Å²) < 4.78 is 0. The maximum Gasteiger partial charge on any atom is 0.404 e. The van der Waals surface area contributed by atoms with E-state index in [4.69, 9.17) is 5.11 Å². The highest BCUT2D eigenvalue weighted by Crippen LogP contribution is 2.16. The van der Waals surface area contributed by atoms with Gasteiger partial charge < -0.3 is 15.3 Å². The van der Waals surface area contributed by atoms with Crippen molar-refractivity contribution in [3.8, 4) is 0 Å². The molecule has 0 aliphatic carbocycles. The van der Waals surface area contributed by atoms with Crippen LogP contribution in [-0.4, -0.2) is 42.3 Å². The van der Waals surface area contributed by atoms with Gasteiger partial charge in [0, 0.05) is 13.1 Å². The van der Waals surface area contributed by atoms with Gasteiger partial charge in [-0.15, -0.1) is 0 Å². The van der Waals surface area contributed by atoms with Gasteiger partial charge in [-0.3, -0.25) is 0 Å². The Morgan fingerprint density at radius 1 is 1.26 bits per heavy atom. The van der Waals surface area contributed by atoms with Crippen molar-refractivity contribution in [2.24, 2.45) is 5.92 Å². The maximum atomic E-state index is 10.4. The molecule has 104 valence electrons. The molecule has 1 aliphatic heterocycles. The summed E-state index contributed by atoms with van der Waals surface area (Å²) in [6, 6.07) is 10.6. The number of hydrogen-bond donors (Lipinski definition) is 2. The van der Waals surface area contributed by atoms with Crippen molar-refractivity contribution < 1.29 is 9.90 Å². The lowest BCUT2D eigenvalue weighted by atomic mass is 9.96. The van der Waals surface area contributed by atoms with E-state index < -0.39 is 6.09 Å². The molecule has 0 atom stereocenters. The average molecular weight is 262 g/mol. The van der Waals surface area contributed by atoms with Crippen LogP contribution in [0.3, 0.4) is 0 Å². The number of carbonyl (C=O) groups is 1. The molecule has 0 aromatic heterocycles. The second-order valence-electron chi connectivity index (χ2n) is 5.21. The molecule has 1 aromatic carbocycles. The summed E-state index contributed by atoms with van der Waals surface area (Å²) in [6.07, 6.45) is 2.37. The van der Waals surface area contributed by atoms with Crippen LogP contribution < -0.4 is 5.32 Å². The lowest BCUT2D eigenvalue weighted by Gasteiger charge is -2.31. The number of benzene rings is 1. The van der Waals surface area contributed by atoms with Gasteiger partial charge in [-0.1, -0.05) is 30.3 Å². The Bertz CT molecular complexity index is 386. The molecule has 2 N–H and O–H groups in total. The number of hydrogen-bond acceptors (Lipinski definition) is 2. The first kappa shape index (κ1) is 13.9. The minimum atomic E-state index is -0.911. The largest absolute Gasteiger partial charge is 0.465 e.